The molecule has 2 N–H and O–H groups in total. The van der Waals surface area contributed by atoms with Crippen molar-refractivity contribution in [3.63, 3.8) is 0 Å². The van der Waals surface area contributed by atoms with E-state index in [1.54, 1.807) is 0 Å². The SMILES string of the molecule is CC1(C)Oc2cc(N3C4CC5CC3CC(C4)O5)c(Br)c(O)c2[C@@H]2C[C@H](O)CC[C@H]21. The number of nitrogens with zero attached hydrogens (tertiary/aromatic N) is 1. The maximum Gasteiger partial charge on any atom is 0.139 e. The van der Waals surface area contributed by atoms with Crippen LogP contribution in [0.1, 0.15) is 70.3 Å². The van der Waals surface area contributed by atoms with E-state index < -0.39 is 0 Å². The Labute approximate surface area is 180 Å². The van der Waals surface area contributed by atoms with E-state index in [4.69, 9.17) is 9.47 Å². The zero-order valence-electron chi connectivity index (χ0n) is 17.1. The first kappa shape index (κ1) is 18.8. The van der Waals surface area contributed by atoms with Crippen LogP contribution >= 0.6 is 15.9 Å². The van der Waals surface area contributed by atoms with E-state index in [2.05, 4.69) is 40.7 Å². The largest absolute Gasteiger partial charge is 0.506 e. The lowest BCUT2D eigenvalue weighted by Gasteiger charge is -2.57. The molecule has 6 aliphatic rings. The number of fused-ring (bicyclic) bond motifs is 3. The van der Waals surface area contributed by atoms with Crippen molar-refractivity contribution in [3.05, 3.63) is 16.1 Å². The van der Waals surface area contributed by atoms with E-state index in [0.29, 0.717) is 42.4 Å². The topological polar surface area (TPSA) is 62.2 Å². The minimum Gasteiger partial charge on any atom is -0.506 e. The Balaban J connectivity index is 1.45. The Kier molecular flexibility index (Phi) is 4.06. The standard InChI is InChI=1S/C23H30BrNO4/c1-23(2)17-4-3-13(26)9-16(17)20-19(29-23)10-18(21(24)22(20)27)25-11-5-14-7-12(25)8-15(6-11)28-14/h10-17,26-27H,3-9H2,1-2H3/t11?,12?,13-,14?,15?,16-,17-/m1/s1. The lowest BCUT2D eigenvalue weighted by Crippen LogP contribution is -2.62. The van der Waals surface area contributed by atoms with E-state index in [0.717, 1.165) is 60.0 Å². The third-order valence-electron chi connectivity index (χ3n) is 8.27. The van der Waals surface area contributed by atoms with Crippen LogP contribution in [0.3, 0.4) is 0 Å². The molecule has 158 valence electrons. The van der Waals surface area contributed by atoms with Gasteiger partial charge in [0.2, 0.25) is 0 Å². The van der Waals surface area contributed by atoms with E-state index in [9.17, 15) is 10.2 Å². The van der Waals surface area contributed by atoms with E-state index in [1.165, 1.54) is 0 Å². The molecule has 0 radical (unpaired) electrons. The van der Waals surface area contributed by atoms with Gasteiger partial charge in [0.1, 0.15) is 17.1 Å². The van der Waals surface area contributed by atoms with Crippen LogP contribution in [0.15, 0.2) is 10.5 Å². The number of hydrogen-bond acceptors (Lipinski definition) is 5. The molecule has 5 heterocycles. The summed E-state index contributed by atoms with van der Waals surface area (Å²) in [6.45, 7) is 4.31. The van der Waals surface area contributed by atoms with Gasteiger partial charge in [-0.1, -0.05) is 0 Å². The predicted octanol–water partition coefficient (Wildman–Crippen LogP) is 4.47. The first-order valence-corrected chi connectivity index (χ1v) is 12.0. The highest BCUT2D eigenvalue weighted by Crippen LogP contribution is 2.58. The lowest BCUT2D eigenvalue weighted by molar-refractivity contribution is -0.120. The van der Waals surface area contributed by atoms with Gasteiger partial charge in [-0.25, -0.2) is 0 Å². The molecule has 5 nitrogen and oxygen atoms in total. The molecule has 1 aromatic rings. The highest BCUT2D eigenvalue weighted by molar-refractivity contribution is 9.10. The summed E-state index contributed by atoms with van der Waals surface area (Å²) in [4.78, 5) is 2.53. The molecule has 1 aliphatic carbocycles. The fraction of sp³-hybridized carbons (Fsp3) is 0.739. The highest BCUT2D eigenvalue weighted by atomic mass is 79.9. The molecule has 0 unspecified atom stereocenters. The Morgan fingerprint density at radius 3 is 2.38 bits per heavy atom. The predicted molar refractivity (Wildman–Crippen MR) is 114 cm³/mol. The maximum absolute atomic E-state index is 11.3. The number of aliphatic hydroxyl groups excluding tert-OH is 1. The summed E-state index contributed by atoms with van der Waals surface area (Å²) in [6, 6.07) is 3.10. The number of ether oxygens (including phenoxy) is 2. The molecule has 5 aliphatic heterocycles. The number of phenolic OH excluding ortho intramolecular Hbond substituents is 1. The van der Waals surface area contributed by atoms with E-state index in [-0.39, 0.29) is 17.6 Å². The number of benzene rings is 1. The van der Waals surface area contributed by atoms with Gasteiger partial charge in [0.15, 0.2) is 0 Å². The number of aliphatic hydroxyl groups is 1. The molecule has 5 fully saturated rings. The van der Waals surface area contributed by atoms with Gasteiger partial charge in [-0.3, -0.25) is 0 Å². The zero-order valence-corrected chi connectivity index (χ0v) is 18.7. The van der Waals surface area contributed by atoms with Crippen LogP contribution in [0.25, 0.3) is 0 Å². The van der Waals surface area contributed by atoms with Gasteiger partial charge >= 0.3 is 0 Å². The molecule has 0 aromatic heterocycles. The molecule has 0 spiro atoms. The zero-order chi connectivity index (χ0) is 20.1. The summed E-state index contributed by atoms with van der Waals surface area (Å²) in [6.07, 6.45) is 7.21. The number of anilines is 1. The Morgan fingerprint density at radius 2 is 1.72 bits per heavy atom. The summed E-state index contributed by atoms with van der Waals surface area (Å²) in [5.41, 5.74) is 1.64. The minimum atomic E-state index is -0.303. The highest BCUT2D eigenvalue weighted by Gasteiger charge is 2.51. The van der Waals surface area contributed by atoms with E-state index >= 15 is 0 Å². The average Bonchev–Trinajstić information content (AvgIpc) is 2.63. The van der Waals surface area contributed by atoms with Gasteiger partial charge in [-0.05, 0) is 74.7 Å². The van der Waals surface area contributed by atoms with Crippen LogP contribution < -0.4 is 9.64 Å². The molecule has 4 saturated heterocycles. The van der Waals surface area contributed by atoms with Crippen molar-refractivity contribution < 1.29 is 19.7 Å². The Bertz CT molecular complexity index is 828. The van der Waals surface area contributed by atoms with Crippen LogP contribution in [0.2, 0.25) is 0 Å². The fourth-order valence-electron chi connectivity index (χ4n) is 7.15. The quantitative estimate of drug-likeness (QED) is 0.643. The van der Waals surface area contributed by atoms with Crippen LogP contribution in [-0.4, -0.2) is 46.2 Å². The molecule has 1 saturated carbocycles. The summed E-state index contributed by atoms with van der Waals surface area (Å²) in [5, 5.41) is 21.7. The third kappa shape index (κ3) is 2.71. The van der Waals surface area contributed by atoms with Crippen molar-refractivity contribution in [2.45, 2.75) is 101 Å². The number of halogens is 1. The molecular weight excluding hydrogens is 434 g/mol. The van der Waals surface area contributed by atoms with Gasteiger partial charge in [0, 0.05) is 35.5 Å². The van der Waals surface area contributed by atoms with Crippen molar-refractivity contribution in [1.29, 1.82) is 0 Å². The van der Waals surface area contributed by atoms with Crippen molar-refractivity contribution in [2.24, 2.45) is 5.92 Å². The van der Waals surface area contributed by atoms with Crippen LogP contribution in [0.4, 0.5) is 5.69 Å². The van der Waals surface area contributed by atoms with Crippen LogP contribution in [0, 0.1) is 5.92 Å². The van der Waals surface area contributed by atoms with Crippen molar-refractivity contribution >= 4 is 21.6 Å². The third-order valence-corrected chi connectivity index (χ3v) is 9.05. The molecule has 4 bridgehead atoms. The van der Waals surface area contributed by atoms with Crippen LogP contribution in [0.5, 0.6) is 11.5 Å². The number of aromatic hydroxyl groups is 1. The normalized spacial score (nSPS) is 41.7. The summed E-state index contributed by atoms with van der Waals surface area (Å²) in [7, 11) is 0. The first-order chi connectivity index (χ1) is 13.8. The molecule has 3 atom stereocenters. The van der Waals surface area contributed by atoms with Crippen molar-refractivity contribution in [3.8, 4) is 11.5 Å². The summed E-state index contributed by atoms with van der Waals surface area (Å²) < 4.78 is 13.4. The average molecular weight is 464 g/mol. The Morgan fingerprint density at radius 1 is 1.07 bits per heavy atom. The summed E-state index contributed by atoms with van der Waals surface area (Å²) in [5.74, 6) is 1.54. The number of phenols is 1. The first-order valence-electron chi connectivity index (χ1n) is 11.2. The fourth-order valence-corrected chi connectivity index (χ4v) is 7.68. The molecule has 29 heavy (non-hydrogen) atoms. The lowest BCUT2D eigenvalue weighted by atomic mass is 9.66. The maximum atomic E-state index is 11.3. The van der Waals surface area contributed by atoms with Gasteiger partial charge in [0.25, 0.3) is 0 Å². The van der Waals surface area contributed by atoms with Gasteiger partial charge in [-0.2, -0.15) is 0 Å². The monoisotopic (exact) mass is 463 g/mol. The smallest absolute Gasteiger partial charge is 0.139 e. The number of hydrogen-bond donors (Lipinski definition) is 2. The number of rotatable bonds is 1. The molecule has 7 rings (SSSR count). The minimum absolute atomic E-state index is 0.129. The van der Waals surface area contributed by atoms with Gasteiger partial charge in [-0.15, -0.1) is 0 Å². The van der Waals surface area contributed by atoms with Crippen molar-refractivity contribution in [2.75, 3.05) is 4.90 Å². The van der Waals surface area contributed by atoms with Gasteiger partial charge < -0.3 is 24.6 Å². The second-order valence-electron chi connectivity index (χ2n) is 10.4. The Hall–Kier alpha value is -0.980. The van der Waals surface area contributed by atoms with Gasteiger partial charge in [0.05, 0.1) is 28.5 Å². The molecule has 0 amide bonds. The molecular formula is C23H30BrNO4. The molecule has 1 aromatic carbocycles. The second kappa shape index (κ2) is 6.27. The van der Waals surface area contributed by atoms with Crippen LogP contribution in [-0.2, 0) is 4.74 Å². The van der Waals surface area contributed by atoms with Crippen molar-refractivity contribution in [1.82, 2.24) is 0 Å². The molecule has 6 heteroatoms. The van der Waals surface area contributed by atoms with E-state index in [1.807, 2.05) is 0 Å². The number of piperidine rings is 2. The summed E-state index contributed by atoms with van der Waals surface area (Å²) >= 11 is 3.75. The second-order valence-corrected chi connectivity index (χ2v) is 11.2.